The summed E-state index contributed by atoms with van der Waals surface area (Å²) in [4.78, 5) is 14.4. The number of hydrogen-bond donors (Lipinski definition) is 2. The predicted molar refractivity (Wildman–Crippen MR) is 107 cm³/mol. The van der Waals surface area contributed by atoms with Crippen LogP contribution in [-0.4, -0.2) is 54.5 Å². The number of carbonyl (C=O) groups is 1. The number of nitrogens with one attached hydrogen (secondary N) is 1. The van der Waals surface area contributed by atoms with Crippen molar-refractivity contribution in [2.24, 2.45) is 0 Å². The monoisotopic (exact) mass is 398 g/mol. The van der Waals surface area contributed by atoms with Crippen LogP contribution in [0.5, 0.6) is 17.2 Å². The summed E-state index contributed by atoms with van der Waals surface area (Å²) in [6.45, 7) is 2.31. The van der Waals surface area contributed by atoms with Gasteiger partial charge in [-0.1, -0.05) is 24.3 Å². The van der Waals surface area contributed by atoms with Crippen LogP contribution < -0.4 is 19.5 Å². The Bertz CT molecular complexity index is 844. The Morgan fingerprint density at radius 2 is 2.00 bits per heavy atom. The smallest absolute Gasteiger partial charge is 0.234 e. The SMILES string of the molecule is O=C(CN1CCC[C@](O)(COc2ccccc2)C1)NCc1ccc2c(c1)OCO2. The lowest BCUT2D eigenvalue weighted by atomic mass is 9.93. The quantitative estimate of drug-likeness (QED) is 0.742. The molecule has 1 saturated heterocycles. The number of β-amino-alcohol motifs (C(OH)–C–C–N with tert-alkyl or cyclic N) is 1. The van der Waals surface area contributed by atoms with Crippen LogP contribution in [-0.2, 0) is 11.3 Å². The van der Waals surface area contributed by atoms with Crippen LogP contribution in [0, 0.1) is 0 Å². The van der Waals surface area contributed by atoms with E-state index in [1.165, 1.54) is 0 Å². The van der Waals surface area contributed by atoms with Gasteiger partial charge >= 0.3 is 0 Å². The highest BCUT2D eigenvalue weighted by Gasteiger charge is 2.34. The van der Waals surface area contributed by atoms with Crippen molar-refractivity contribution in [2.45, 2.75) is 25.0 Å². The highest BCUT2D eigenvalue weighted by Crippen LogP contribution is 2.32. The number of piperidine rings is 1. The summed E-state index contributed by atoms with van der Waals surface area (Å²) >= 11 is 0. The number of hydrogen-bond acceptors (Lipinski definition) is 6. The first-order chi connectivity index (χ1) is 14.1. The third kappa shape index (κ3) is 5.19. The van der Waals surface area contributed by atoms with Crippen molar-refractivity contribution in [3.8, 4) is 17.2 Å². The molecule has 0 saturated carbocycles. The molecule has 2 aromatic rings. The number of fused-ring (bicyclic) bond motifs is 1. The number of ether oxygens (including phenoxy) is 3. The number of rotatable bonds is 7. The number of likely N-dealkylation sites (tertiary alicyclic amines) is 1. The number of amides is 1. The highest BCUT2D eigenvalue weighted by molar-refractivity contribution is 5.78. The van der Waals surface area contributed by atoms with E-state index in [2.05, 4.69) is 5.32 Å². The Morgan fingerprint density at radius 1 is 1.17 bits per heavy atom. The minimum Gasteiger partial charge on any atom is -0.491 e. The fraction of sp³-hybridized carbons (Fsp3) is 0.409. The van der Waals surface area contributed by atoms with Gasteiger partial charge in [0.25, 0.3) is 0 Å². The molecular weight excluding hydrogens is 372 g/mol. The van der Waals surface area contributed by atoms with Gasteiger partial charge in [0, 0.05) is 13.1 Å². The molecule has 1 atom stereocenters. The second-order valence-electron chi connectivity index (χ2n) is 7.60. The summed E-state index contributed by atoms with van der Waals surface area (Å²) in [7, 11) is 0. The van der Waals surface area contributed by atoms with Crippen molar-refractivity contribution in [2.75, 3.05) is 33.0 Å². The van der Waals surface area contributed by atoms with Gasteiger partial charge in [0.05, 0.1) is 6.54 Å². The molecule has 29 heavy (non-hydrogen) atoms. The molecule has 7 nitrogen and oxygen atoms in total. The molecule has 2 N–H and O–H groups in total. The first-order valence-corrected chi connectivity index (χ1v) is 9.87. The molecule has 1 amide bonds. The maximum atomic E-state index is 12.4. The van der Waals surface area contributed by atoms with Gasteiger partial charge in [-0.25, -0.2) is 0 Å². The number of nitrogens with zero attached hydrogens (tertiary/aromatic N) is 1. The molecule has 2 aliphatic rings. The number of carbonyl (C=O) groups excluding carboxylic acids is 1. The van der Waals surface area contributed by atoms with Gasteiger partial charge in [-0.3, -0.25) is 9.69 Å². The summed E-state index contributed by atoms with van der Waals surface area (Å²) in [5.41, 5.74) is 0.000103. The van der Waals surface area contributed by atoms with Crippen molar-refractivity contribution >= 4 is 5.91 Å². The molecule has 4 rings (SSSR count). The van der Waals surface area contributed by atoms with E-state index in [4.69, 9.17) is 14.2 Å². The van der Waals surface area contributed by atoms with Gasteiger partial charge in [-0.2, -0.15) is 0 Å². The van der Waals surface area contributed by atoms with Crippen LogP contribution in [0.4, 0.5) is 0 Å². The highest BCUT2D eigenvalue weighted by atomic mass is 16.7. The molecule has 154 valence electrons. The molecule has 2 aromatic carbocycles. The van der Waals surface area contributed by atoms with Gasteiger partial charge in [0.1, 0.15) is 18.0 Å². The molecule has 0 aromatic heterocycles. The summed E-state index contributed by atoms with van der Waals surface area (Å²) in [6.07, 6.45) is 1.49. The van der Waals surface area contributed by atoms with Gasteiger partial charge in [0.2, 0.25) is 12.7 Å². The Labute approximate surface area is 170 Å². The number of para-hydroxylation sites is 1. The van der Waals surface area contributed by atoms with Gasteiger partial charge in [-0.05, 0) is 49.2 Å². The molecular formula is C22H26N2O5. The van der Waals surface area contributed by atoms with E-state index in [0.29, 0.717) is 25.3 Å². The minimum absolute atomic E-state index is 0.0732. The third-order valence-electron chi connectivity index (χ3n) is 5.18. The molecule has 0 bridgehead atoms. The lowest BCUT2D eigenvalue weighted by molar-refractivity contribution is -0.124. The van der Waals surface area contributed by atoms with Gasteiger partial charge < -0.3 is 24.6 Å². The Kier molecular flexibility index (Phi) is 5.87. The van der Waals surface area contributed by atoms with Crippen LogP contribution in [0.15, 0.2) is 48.5 Å². The maximum Gasteiger partial charge on any atom is 0.234 e. The summed E-state index contributed by atoms with van der Waals surface area (Å²) in [6, 6.07) is 15.1. The van der Waals surface area contributed by atoms with Crippen LogP contribution in [0.25, 0.3) is 0 Å². The molecule has 1 fully saturated rings. The van der Waals surface area contributed by atoms with E-state index in [0.717, 1.165) is 30.0 Å². The largest absolute Gasteiger partial charge is 0.491 e. The zero-order valence-electron chi connectivity index (χ0n) is 16.3. The molecule has 0 unspecified atom stereocenters. The second kappa shape index (κ2) is 8.71. The molecule has 7 heteroatoms. The van der Waals surface area contributed by atoms with E-state index in [1.807, 2.05) is 53.4 Å². The van der Waals surface area contributed by atoms with Crippen LogP contribution in [0.3, 0.4) is 0 Å². The second-order valence-corrected chi connectivity index (χ2v) is 7.60. The van der Waals surface area contributed by atoms with Crippen LogP contribution in [0.1, 0.15) is 18.4 Å². The lowest BCUT2D eigenvalue weighted by Gasteiger charge is -2.38. The number of benzene rings is 2. The fourth-order valence-electron chi connectivity index (χ4n) is 3.70. The van der Waals surface area contributed by atoms with E-state index in [9.17, 15) is 9.90 Å². The Hall–Kier alpha value is -2.77. The maximum absolute atomic E-state index is 12.4. The number of aliphatic hydroxyl groups is 1. The summed E-state index contributed by atoms with van der Waals surface area (Å²) in [5.74, 6) is 2.09. The van der Waals surface area contributed by atoms with Crippen molar-refractivity contribution in [1.29, 1.82) is 0 Å². The summed E-state index contributed by atoms with van der Waals surface area (Å²) < 4.78 is 16.4. The summed E-state index contributed by atoms with van der Waals surface area (Å²) in [5, 5.41) is 13.8. The van der Waals surface area contributed by atoms with Crippen molar-refractivity contribution in [1.82, 2.24) is 10.2 Å². The van der Waals surface area contributed by atoms with Crippen LogP contribution >= 0.6 is 0 Å². The van der Waals surface area contributed by atoms with Crippen molar-refractivity contribution in [3.05, 3.63) is 54.1 Å². The Balaban J connectivity index is 1.24. The lowest BCUT2D eigenvalue weighted by Crippen LogP contribution is -2.53. The van der Waals surface area contributed by atoms with Crippen molar-refractivity contribution < 1.29 is 24.1 Å². The minimum atomic E-state index is -0.953. The van der Waals surface area contributed by atoms with E-state index in [-0.39, 0.29) is 25.9 Å². The molecule has 0 radical (unpaired) electrons. The zero-order chi connectivity index (χ0) is 20.1. The van der Waals surface area contributed by atoms with Gasteiger partial charge in [0.15, 0.2) is 11.5 Å². The average molecular weight is 398 g/mol. The van der Waals surface area contributed by atoms with E-state index < -0.39 is 5.60 Å². The topological polar surface area (TPSA) is 80.3 Å². The molecule has 2 heterocycles. The van der Waals surface area contributed by atoms with Crippen LogP contribution in [0.2, 0.25) is 0 Å². The first kappa shape index (κ1) is 19.5. The van der Waals surface area contributed by atoms with E-state index >= 15 is 0 Å². The predicted octanol–water partition coefficient (Wildman–Crippen LogP) is 1.94. The molecule has 0 aliphatic carbocycles. The molecule has 2 aliphatic heterocycles. The fourth-order valence-corrected chi connectivity index (χ4v) is 3.70. The standard InChI is InChI=1S/C22H26N2O5/c25-21(23-12-17-7-8-19-20(11-17)29-16-28-19)13-24-10-4-9-22(26,14-24)15-27-18-5-2-1-3-6-18/h1-3,5-8,11,26H,4,9-10,12-16H2,(H,23,25)/t22-/m1/s1. The third-order valence-corrected chi connectivity index (χ3v) is 5.18. The molecule has 0 spiro atoms. The zero-order valence-corrected chi connectivity index (χ0v) is 16.3. The van der Waals surface area contributed by atoms with Gasteiger partial charge in [-0.15, -0.1) is 0 Å². The van der Waals surface area contributed by atoms with Crippen molar-refractivity contribution in [3.63, 3.8) is 0 Å². The Morgan fingerprint density at radius 3 is 2.86 bits per heavy atom. The normalized spacial score (nSPS) is 21.0. The first-order valence-electron chi connectivity index (χ1n) is 9.87. The van der Waals surface area contributed by atoms with E-state index in [1.54, 1.807) is 0 Å². The average Bonchev–Trinajstić information content (AvgIpc) is 3.20.